The zero-order chi connectivity index (χ0) is 11.5. The molecule has 2 heterocycles. The van der Waals surface area contributed by atoms with Crippen LogP contribution in [0.25, 0.3) is 0 Å². The molecule has 0 atom stereocenters. The van der Waals surface area contributed by atoms with Gasteiger partial charge in [0.2, 0.25) is 0 Å². The zero-order valence-electron chi connectivity index (χ0n) is 9.82. The topological polar surface area (TPSA) is 55.9 Å². The van der Waals surface area contributed by atoms with Crippen LogP contribution in [-0.2, 0) is 20.0 Å². The molecular weight excluding hydrogens is 204 g/mol. The van der Waals surface area contributed by atoms with E-state index in [1.54, 1.807) is 0 Å². The van der Waals surface area contributed by atoms with Gasteiger partial charge in [-0.2, -0.15) is 5.10 Å². The zero-order valence-corrected chi connectivity index (χ0v) is 9.82. The molecule has 0 aliphatic carbocycles. The third kappa shape index (κ3) is 2.24. The van der Waals surface area contributed by atoms with Gasteiger partial charge < -0.3 is 9.84 Å². The van der Waals surface area contributed by atoms with E-state index in [4.69, 9.17) is 4.52 Å². The molecule has 0 fully saturated rings. The van der Waals surface area contributed by atoms with Crippen LogP contribution >= 0.6 is 0 Å². The van der Waals surface area contributed by atoms with Gasteiger partial charge in [-0.1, -0.05) is 12.1 Å². The minimum Gasteiger partial charge on any atom is -0.363 e. The number of aromatic nitrogens is 3. The first-order valence-electron chi connectivity index (χ1n) is 5.37. The summed E-state index contributed by atoms with van der Waals surface area (Å²) >= 11 is 0. The number of hydrogen-bond acceptors (Lipinski definition) is 4. The van der Waals surface area contributed by atoms with Crippen molar-refractivity contribution in [2.75, 3.05) is 5.32 Å². The van der Waals surface area contributed by atoms with Gasteiger partial charge in [0.25, 0.3) is 0 Å². The monoisotopic (exact) mass is 220 g/mol. The molecule has 0 amide bonds. The van der Waals surface area contributed by atoms with Gasteiger partial charge in [0, 0.05) is 31.4 Å². The highest BCUT2D eigenvalue weighted by molar-refractivity contribution is 5.35. The summed E-state index contributed by atoms with van der Waals surface area (Å²) in [5.41, 5.74) is 2.32. The molecule has 86 valence electrons. The van der Waals surface area contributed by atoms with Crippen LogP contribution < -0.4 is 5.32 Å². The van der Waals surface area contributed by atoms with Crippen molar-refractivity contribution in [1.82, 2.24) is 14.9 Å². The van der Waals surface area contributed by atoms with E-state index in [2.05, 4.69) is 22.5 Å². The van der Waals surface area contributed by atoms with E-state index in [-0.39, 0.29) is 0 Å². The largest absolute Gasteiger partial charge is 0.363 e. The molecule has 0 bridgehead atoms. The van der Waals surface area contributed by atoms with Gasteiger partial charge in [0.1, 0.15) is 5.76 Å². The number of nitrogens with one attached hydrogen (secondary N) is 1. The molecule has 0 aliphatic rings. The Morgan fingerprint density at radius 2 is 2.31 bits per heavy atom. The van der Waals surface area contributed by atoms with E-state index in [9.17, 15) is 0 Å². The average Bonchev–Trinajstić information content (AvgIpc) is 2.81. The minimum atomic E-state index is 0.725. The SMILES string of the molecule is CCc1nn(C)cc1CNc1cc(C)on1. The Morgan fingerprint density at radius 1 is 1.50 bits per heavy atom. The van der Waals surface area contributed by atoms with Crippen molar-refractivity contribution in [3.8, 4) is 0 Å². The van der Waals surface area contributed by atoms with E-state index in [1.165, 1.54) is 5.56 Å². The number of rotatable bonds is 4. The summed E-state index contributed by atoms with van der Waals surface area (Å²) in [7, 11) is 1.93. The molecule has 5 nitrogen and oxygen atoms in total. The number of hydrogen-bond donors (Lipinski definition) is 1. The number of anilines is 1. The summed E-state index contributed by atoms with van der Waals surface area (Å²) in [6, 6.07) is 1.88. The van der Waals surface area contributed by atoms with E-state index < -0.39 is 0 Å². The van der Waals surface area contributed by atoms with Crippen LogP contribution in [0.1, 0.15) is 23.9 Å². The second kappa shape index (κ2) is 4.38. The van der Waals surface area contributed by atoms with E-state index in [0.717, 1.165) is 30.2 Å². The summed E-state index contributed by atoms with van der Waals surface area (Å²) in [6.07, 6.45) is 2.97. The summed E-state index contributed by atoms with van der Waals surface area (Å²) in [5, 5.41) is 11.5. The van der Waals surface area contributed by atoms with Crippen LogP contribution in [0.15, 0.2) is 16.8 Å². The Labute approximate surface area is 94.4 Å². The summed E-state index contributed by atoms with van der Waals surface area (Å²) < 4.78 is 6.82. The predicted molar refractivity (Wildman–Crippen MR) is 61.2 cm³/mol. The van der Waals surface area contributed by atoms with Crippen molar-refractivity contribution in [3.63, 3.8) is 0 Å². The van der Waals surface area contributed by atoms with Crippen LogP contribution in [0.4, 0.5) is 5.82 Å². The van der Waals surface area contributed by atoms with Gasteiger partial charge in [-0.05, 0) is 13.3 Å². The lowest BCUT2D eigenvalue weighted by Gasteiger charge is -2.00. The van der Waals surface area contributed by atoms with Gasteiger partial charge in [-0.25, -0.2) is 0 Å². The van der Waals surface area contributed by atoms with Gasteiger partial charge in [0.05, 0.1) is 5.69 Å². The third-order valence-corrected chi connectivity index (χ3v) is 2.41. The van der Waals surface area contributed by atoms with Crippen molar-refractivity contribution >= 4 is 5.82 Å². The first-order chi connectivity index (χ1) is 7.69. The molecule has 2 rings (SSSR count). The quantitative estimate of drug-likeness (QED) is 0.854. The maximum Gasteiger partial charge on any atom is 0.169 e. The Bertz CT molecular complexity index is 472. The van der Waals surface area contributed by atoms with Gasteiger partial charge in [-0.15, -0.1) is 0 Å². The van der Waals surface area contributed by atoms with Gasteiger partial charge in [-0.3, -0.25) is 4.68 Å². The van der Waals surface area contributed by atoms with E-state index >= 15 is 0 Å². The first-order valence-corrected chi connectivity index (χ1v) is 5.37. The minimum absolute atomic E-state index is 0.725. The molecular formula is C11H16N4O. The highest BCUT2D eigenvalue weighted by Crippen LogP contribution is 2.12. The Morgan fingerprint density at radius 3 is 2.94 bits per heavy atom. The van der Waals surface area contributed by atoms with Gasteiger partial charge in [0.15, 0.2) is 5.82 Å². The first kappa shape index (κ1) is 10.7. The molecule has 0 aliphatic heterocycles. The molecule has 2 aromatic rings. The second-order valence-corrected chi connectivity index (χ2v) is 3.80. The summed E-state index contributed by atoms with van der Waals surface area (Å²) in [6.45, 7) is 4.70. The van der Waals surface area contributed by atoms with Crippen LogP contribution in [0.3, 0.4) is 0 Å². The fraction of sp³-hybridized carbons (Fsp3) is 0.455. The number of aryl methyl sites for hydroxylation is 3. The Kier molecular flexibility index (Phi) is 2.94. The Balaban J connectivity index is 2.04. The van der Waals surface area contributed by atoms with Crippen molar-refractivity contribution < 1.29 is 4.52 Å². The van der Waals surface area contributed by atoms with E-state index in [0.29, 0.717) is 0 Å². The van der Waals surface area contributed by atoms with Crippen LogP contribution in [0.5, 0.6) is 0 Å². The standard InChI is InChI=1S/C11H16N4O/c1-4-10-9(7-15(3)13-10)6-12-11-5-8(2)16-14-11/h5,7H,4,6H2,1-3H3,(H,12,14). The van der Waals surface area contributed by atoms with Gasteiger partial charge >= 0.3 is 0 Å². The highest BCUT2D eigenvalue weighted by Gasteiger charge is 2.06. The molecule has 0 spiro atoms. The van der Waals surface area contributed by atoms with Crippen molar-refractivity contribution in [1.29, 1.82) is 0 Å². The van der Waals surface area contributed by atoms with Crippen LogP contribution in [-0.4, -0.2) is 14.9 Å². The lowest BCUT2D eigenvalue weighted by Crippen LogP contribution is -2.01. The van der Waals surface area contributed by atoms with Crippen molar-refractivity contribution in [2.45, 2.75) is 26.8 Å². The smallest absolute Gasteiger partial charge is 0.169 e. The molecule has 5 heteroatoms. The Hall–Kier alpha value is -1.78. The van der Waals surface area contributed by atoms with E-state index in [1.807, 2.05) is 30.9 Å². The van der Waals surface area contributed by atoms with Crippen molar-refractivity contribution in [2.24, 2.45) is 7.05 Å². The highest BCUT2D eigenvalue weighted by atomic mass is 16.5. The van der Waals surface area contributed by atoms with Crippen LogP contribution in [0, 0.1) is 6.92 Å². The third-order valence-electron chi connectivity index (χ3n) is 2.41. The average molecular weight is 220 g/mol. The molecule has 1 N–H and O–H groups in total. The molecule has 2 aromatic heterocycles. The predicted octanol–water partition coefficient (Wildman–Crippen LogP) is 1.89. The molecule has 0 unspecified atom stereocenters. The summed E-state index contributed by atoms with van der Waals surface area (Å²) in [4.78, 5) is 0. The lowest BCUT2D eigenvalue weighted by molar-refractivity contribution is 0.399. The molecule has 0 radical (unpaired) electrons. The molecule has 0 saturated carbocycles. The fourth-order valence-electron chi connectivity index (χ4n) is 1.66. The maximum atomic E-state index is 4.98. The molecule has 0 aromatic carbocycles. The fourth-order valence-corrected chi connectivity index (χ4v) is 1.66. The summed E-state index contributed by atoms with van der Waals surface area (Å²) in [5.74, 6) is 1.58. The molecule has 0 saturated heterocycles. The molecule has 16 heavy (non-hydrogen) atoms. The second-order valence-electron chi connectivity index (χ2n) is 3.80. The lowest BCUT2D eigenvalue weighted by atomic mass is 10.2. The van der Waals surface area contributed by atoms with Crippen molar-refractivity contribution in [3.05, 3.63) is 29.3 Å². The maximum absolute atomic E-state index is 4.98. The van der Waals surface area contributed by atoms with Crippen LogP contribution in [0.2, 0.25) is 0 Å². The normalized spacial score (nSPS) is 10.7. The number of nitrogens with zero attached hydrogens (tertiary/aromatic N) is 3.